The van der Waals surface area contributed by atoms with Gasteiger partial charge in [0, 0.05) is 0 Å². The number of carbonyl (C=O) groups is 2. The zero-order chi connectivity index (χ0) is 8.27. The quantitative estimate of drug-likeness (QED) is 0.501. The lowest BCUT2D eigenvalue weighted by atomic mass is 10.2. The van der Waals surface area contributed by atoms with Crippen molar-refractivity contribution in [2.75, 3.05) is 0 Å². The molecule has 0 saturated heterocycles. The molecule has 2 N–H and O–H groups in total. The van der Waals surface area contributed by atoms with E-state index in [1.165, 1.54) is 24.3 Å². The molecule has 0 unspecified atom stereocenters. The molecule has 0 aromatic carbocycles. The molecule has 4 heteroatoms. The topological polar surface area (TPSA) is 72.5 Å². The number of urea groups is 1. The number of hydrogen-bond donors (Lipinski definition) is 1. The molecule has 1 aliphatic rings. The van der Waals surface area contributed by atoms with Crippen LogP contribution in [0, 0.1) is 0 Å². The van der Waals surface area contributed by atoms with Crippen LogP contribution in [-0.4, -0.2) is 17.5 Å². The third-order valence-corrected chi connectivity index (χ3v) is 1.08. The van der Waals surface area contributed by atoms with Crippen molar-refractivity contribution in [3.63, 3.8) is 0 Å². The molecule has 1 aliphatic carbocycles. The number of primary amides is 1. The first-order valence-corrected chi connectivity index (χ1v) is 2.97. The van der Waals surface area contributed by atoms with E-state index in [-0.39, 0.29) is 5.78 Å². The van der Waals surface area contributed by atoms with Crippen molar-refractivity contribution in [3.8, 4) is 0 Å². The first kappa shape index (κ1) is 7.40. The highest BCUT2D eigenvalue weighted by Crippen LogP contribution is 1.94. The van der Waals surface area contributed by atoms with Gasteiger partial charge in [0.15, 0.2) is 5.78 Å². The number of hydrogen-bond acceptors (Lipinski definition) is 2. The molecule has 0 heterocycles. The Labute approximate surface area is 63.1 Å². The maximum atomic E-state index is 10.5. The van der Waals surface area contributed by atoms with E-state index in [9.17, 15) is 9.59 Å². The monoisotopic (exact) mass is 150 g/mol. The van der Waals surface area contributed by atoms with Crippen LogP contribution in [0.2, 0.25) is 0 Å². The molecule has 0 fully saturated rings. The van der Waals surface area contributed by atoms with Crippen molar-refractivity contribution < 1.29 is 9.59 Å². The molecule has 4 nitrogen and oxygen atoms in total. The van der Waals surface area contributed by atoms with E-state index < -0.39 is 6.03 Å². The largest absolute Gasteiger partial charge is 0.350 e. The van der Waals surface area contributed by atoms with Gasteiger partial charge in [0.1, 0.15) is 0 Å². The standard InChI is InChI=1S/C7H6N2O2/c8-7(11)9-5-1-3-6(10)4-2-5/h1-4H,(H2,8,11). The van der Waals surface area contributed by atoms with Crippen LogP contribution < -0.4 is 5.73 Å². The molecule has 0 bridgehead atoms. The van der Waals surface area contributed by atoms with E-state index >= 15 is 0 Å². The van der Waals surface area contributed by atoms with Crippen molar-refractivity contribution in [2.45, 2.75) is 0 Å². The van der Waals surface area contributed by atoms with Gasteiger partial charge in [0.05, 0.1) is 5.71 Å². The molecular weight excluding hydrogens is 144 g/mol. The summed E-state index contributed by atoms with van der Waals surface area (Å²) in [5, 5.41) is 0. The number of carbonyl (C=O) groups excluding carboxylic acids is 2. The van der Waals surface area contributed by atoms with Crippen LogP contribution in [0.15, 0.2) is 29.3 Å². The minimum atomic E-state index is -0.761. The fourth-order valence-corrected chi connectivity index (χ4v) is 0.648. The van der Waals surface area contributed by atoms with Crippen LogP contribution in [0.4, 0.5) is 4.79 Å². The highest BCUT2D eigenvalue weighted by molar-refractivity contribution is 6.18. The highest BCUT2D eigenvalue weighted by Gasteiger charge is 1.99. The van der Waals surface area contributed by atoms with E-state index in [4.69, 9.17) is 5.73 Å². The molecule has 2 amide bonds. The molecule has 11 heavy (non-hydrogen) atoms. The van der Waals surface area contributed by atoms with Crippen LogP contribution in [0.5, 0.6) is 0 Å². The zero-order valence-corrected chi connectivity index (χ0v) is 5.65. The van der Waals surface area contributed by atoms with Gasteiger partial charge in [-0.3, -0.25) is 4.79 Å². The first-order chi connectivity index (χ1) is 5.18. The number of allylic oxidation sites excluding steroid dienone is 4. The Kier molecular flexibility index (Phi) is 1.96. The van der Waals surface area contributed by atoms with Crippen LogP contribution in [-0.2, 0) is 4.79 Å². The van der Waals surface area contributed by atoms with Gasteiger partial charge in [-0.1, -0.05) is 0 Å². The number of nitrogens with two attached hydrogens (primary N) is 1. The molecule has 0 aromatic heterocycles. The highest BCUT2D eigenvalue weighted by atomic mass is 16.2. The normalized spacial score (nSPS) is 15.3. The summed E-state index contributed by atoms with van der Waals surface area (Å²) >= 11 is 0. The van der Waals surface area contributed by atoms with Gasteiger partial charge in [-0.05, 0) is 24.3 Å². The second-order valence-corrected chi connectivity index (χ2v) is 1.94. The predicted octanol–water partition coefficient (Wildman–Crippen LogP) is 0.201. The van der Waals surface area contributed by atoms with E-state index in [1.807, 2.05) is 0 Å². The maximum absolute atomic E-state index is 10.5. The van der Waals surface area contributed by atoms with Gasteiger partial charge < -0.3 is 5.73 Å². The number of amides is 2. The third-order valence-electron chi connectivity index (χ3n) is 1.08. The van der Waals surface area contributed by atoms with Gasteiger partial charge in [-0.15, -0.1) is 0 Å². The van der Waals surface area contributed by atoms with Crippen molar-refractivity contribution in [1.29, 1.82) is 0 Å². The van der Waals surface area contributed by atoms with Gasteiger partial charge in [0.2, 0.25) is 0 Å². The van der Waals surface area contributed by atoms with Crippen LogP contribution in [0.1, 0.15) is 0 Å². The van der Waals surface area contributed by atoms with Crippen LogP contribution in [0.3, 0.4) is 0 Å². The minimum absolute atomic E-state index is 0.117. The van der Waals surface area contributed by atoms with E-state index in [0.717, 1.165) is 0 Å². The molecular formula is C7H6N2O2. The van der Waals surface area contributed by atoms with Crippen molar-refractivity contribution in [1.82, 2.24) is 0 Å². The van der Waals surface area contributed by atoms with Crippen molar-refractivity contribution in [2.24, 2.45) is 10.7 Å². The summed E-state index contributed by atoms with van der Waals surface area (Å²) < 4.78 is 0. The van der Waals surface area contributed by atoms with E-state index in [2.05, 4.69) is 4.99 Å². The third kappa shape index (κ3) is 2.17. The molecule has 0 atom stereocenters. The Morgan fingerprint density at radius 1 is 1.27 bits per heavy atom. The Bertz CT molecular complexity index is 269. The molecule has 0 spiro atoms. The molecule has 0 radical (unpaired) electrons. The summed E-state index contributed by atoms with van der Waals surface area (Å²) in [6.07, 6.45) is 5.52. The number of rotatable bonds is 0. The average Bonchev–Trinajstić information content (AvgIpc) is 1.93. The summed E-state index contributed by atoms with van der Waals surface area (Å²) in [6, 6.07) is -0.761. The molecule has 0 saturated carbocycles. The fraction of sp³-hybridized carbons (Fsp3) is 0. The van der Waals surface area contributed by atoms with Crippen molar-refractivity contribution in [3.05, 3.63) is 24.3 Å². The second-order valence-electron chi connectivity index (χ2n) is 1.94. The Morgan fingerprint density at radius 2 is 1.82 bits per heavy atom. The summed E-state index contributed by atoms with van der Waals surface area (Å²) in [7, 11) is 0. The number of nitrogens with zero attached hydrogens (tertiary/aromatic N) is 1. The molecule has 0 aliphatic heterocycles. The summed E-state index contributed by atoms with van der Waals surface area (Å²) in [4.78, 5) is 24.2. The molecule has 1 rings (SSSR count). The molecule has 56 valence electrons. The molecule has 0 aromatic rings. The summed E-state index contributed by atoms with van der Waals surface area (Å²) in [5.41, 5.74) is 5.18. The Morgan fingerprint density at radius 3 is 2.27 bits per heavy atom. The first-order valence-electron chi connectivity index (χ1n) is 2.97. The van der Waals surface area contributed by atoms with E-state index in [0.29, 0.717) is 5.71 Å². The summed E-state index contributed by atoms with van der Waals surface area (Å²) in [5.74, 6) is -0.117. The van der Waals surface area contributed by atoms with Gasteiger partial charge in [-0.25, -0.2) is 4.79 Å². The van der Waals surface area contributed by atoms with Crippen LogP contribution >= 0.6 is 0 Å². The Hall–Kier alpha value is -1.71. The SMILES string of the molecule is NC(=O)N=C1C=CC(=O)C=C1. The van der Waals surface area contributed by atoms with Crippen molar-refractivity contribution >= 4 is 17.5 Å². The lowest BCUT2D eigenvalue weighted by molar-refractivity contribution is -0.110. The van der Waals surface area contributed by atoms with Gasteiger partial charge >= 0.3 is 6.03 Å². The number of aliphatic imine (C=N–C) groups is 1. The fourth-order valence-electron chi connectivity index (χ4n) is 0.648. The zero-order valence-electron chi connectivity index (χ0n) is 5.65. The maximum Gasteiger partial charge on any atom is 0.338 e. The second kappa shape index (κ2) is 2.92. The van der Waals surface area contributed by atoms with Crippen LogP contribution in [0.25, 0.3) is 0 Å². The lowest BCUT2D eigenvalue weighted by Crippen LogP contribution is -2.08. The smallest absolute Gasteiger partial charge is 0.338 e. The van der Waals surface area contributed by atoms with Gasteiger partial charge in [0.25, 0.3) is 0 Å². The van der Waals surface area contributed by atoms with E-state index in [1.54, 1.807) is 0 Å². The average molecular weight is 150 g/mol. The summed E-state index contributed by atoms with van der Waals surface area (Å²) in [6.45, 7) is 0. The minimum Gasteiger partial charge on any atom is -0.350 e. The Balaban J connectivity index is 2.80. The van der Waals surface area contributed by atoms with Gasteiger partial charge in [-0.2, -0.15) is 4.99 Å². The lowest BCUT2D eigenvalue weighted by Gasteiger charge is -1.94. The predicted molar refractivity (Wildman–Crippen MR) is 40.3 cm³/mol. The number of ketones is 1.